The fourth-order valence-corrected chi connectivity index (χ4v) is 2.87. The minimum atomic E-state index is -0.596. The van der Waals surface area contributed by atoms with Crippen LogP contribution in [0.15, 0.2) is 18.2 Å². The smallest absolute Gasteiger partial charge is 0.263 e. The normalized spacial score (nSPS) is 20.0. The van der Waals surface area contributed by atoms with Crippen LogP contribution in [0.2, 0.25) is 10.0 Å². The maximum Gasteiger partial charge on any atom is 0.263 e. The summed E-state index contributed by atoms with van der Waals surface area (Å²) in [6.45, 7) is 2.95. The third-order valence-corrected chi connectivity index (χ3v) is 4.01. The average Bonchev–Trinajstić information content (AvgIpc) is 2.89. The predicted octanol–water partition coefficient (Wildman–Crippen LogP) is 2.71. The van der Waals surface area contributed by atoms with Gasteiger partial charge in [0.1, 0.15) is 5.75 Å². The van der Waals surface area contributed by atoms with Crippen LogP contribution in [0.5, 0.6) is 5.75 Å². The summed E-state index contributed by atoms with van der Waals surface area (Å²) in [6.07, 6.45) is 1.35. The molecule has 2 N–H and O–H groups in total. The molecular formula is C14H18Cl2N2O2. The van der Waals surface area contributed by atoms with E-state index < -0.39 is 6.10 Å². The molecular weight excluding hydrogens is 299 g/mol. The standard InChI is InChI=1S/C14H18Cl2N2O2/c1-9(14(19)18-6-2-3-11(18)8-17)20-13-5-4-10(15)7-12(13)16/h4-5,7,9,11H,2-3,6,8,17H2,1H3. The van der Waals surface area contributed by atoms with Gasteiger partial charge in [-0.15, -0.1) is 0 Å². The first-order valence-electron chi connectivity index (χ1n) is 6.65. The molecule has 2 atom stereocenters. The minimum absolute atomic E-state index is 0.0519. The van der Waals surface area contributed by atoms with E-state index in [1.54, 1.807) is 30.0 Å². The van der Waals surface area contributed by atoms with Crippen molar-refractivity contribution in [1.82, 2.24) is 4.90 Å². The molecule has 6 heteroatoms. The Kier molecular flexibility index (Phi) is 5.13. The fourth-order valence-electron chi connectivity index (χ4n) is 2.42. The van der Waals surface area contributed by atoms with Gasteiger partial charge in [0, 0.05) is 24.2 Å². The van der Waals surface area contributed by atoms with Crippen LogP contribution < -0.4 is 10.5 Å². The third-order valence-electron chi connectivity index (χ3n) is 3.48. The van der Waals surface area contributed by atoms with Crippen molar-refractivity contribution >= 4 is 29.1 Å². The van der Waals surface area contributed by atoms with Gasteiger partial charge in [0.05, 0.1) is 5.02 Å². The maximum atomic E-state index is 12.4. The molecule has 2 rings (SSSR count). The highest BCUT2D eigenvalue weighted by atomic mass is 35.5. The van der Waals surface area contributed by atoms with Gasteiger partial charge in [0.25, 0.3) is 5.91 Å². The van der Waals surface area contributed by atoms with Crippen molar-refractivity contribution in [2.24, 2.45) is 5.73 Å². The molecule has 1 aromatic rings. The summed E-state index contributed by atoms with van der Waals surface area (Å²) in [4.78, 5) is 14.2. The molecule has 1 aliphatic heterocycles. The van der Waals surface area contributed by atoms with Crippen LogP contribution in [0, 0.1) is 0 Å². The summed E-state index contributed by atoms with van der Waals surface area (Å²) in [5.74, 6) is 0.407. The number of benzene rings is 1. The van der Waals surface area contributed by atoms with Crippen LogP contribution in [0.4, 0.5) is 0 Å². The summed E-state index contributed by atoms with van der Waals surface area (Å²) in [6, 6.07) is 5.06. The van der Waals surface area contributed by atoms with Crippen LogP contribution in [0.1, 0.15) is 19.8 Å². The molecule has 0 aromatic heterocycles. The summed E-state index contributed by atoms with van der Waals surface area (Å²) in [5.41, 5.74) is 5.68. The first kappa shape index (κ1) is 15.4. The highest BCUT2D eigenvalue weighted by Gasteiger charge is 2.31. The number of likely N-dealkylation sites (tertiary alicyclic amines) is 1. The van der Waals surface area contributed by atoms with E-state index in [-0.39, 0.29) is 11.9 Å². The number of carbonyl (C=O) groups is 1. The van der Waals surface area contributed by atoms with Crippen molar-refractivity contribution < 1.29 is 9.53 Å². The lowest BCUT2D eigenvalue weighted by molar-refractivity contribution is -0.138. The van der Waals surface area contributed by atoms with E-state index in [0.29, 0.717) is 22.3 Å². The van der Waals surface area contributed by atoms with Crippen molar-refractivity contribution in [3.63, 3.8) is 0 Å². The Hall–Kier alpha value is -0.970. The summed E-state index contributed by atoms with van der Waals surface area (Å²) < 4.78 is 5.64. The molecule has 0 spiro atoms. The lowest BCUT2D eigenvalue weighted by Gasteiger charge is -2.27. The number of halogens is 2. The summed E-state index contributed by atoms with van der Waals surface area (Å²) in [7, 11) is 0. The Bertz CT molecular complexity index is 496. The second-order valence-electron chi connectivity index (χ2n) is 4.90. The Balaban J connectivity index is 2.04. The lowest BCUT2D eigenvalue weighted by atomic mass is 10.2. The van der Waals surface area contributed by atoms with Crippen LogP contribution in [0.3, 0.4) is 0 Å². The number of rotatable bonds is 4. The zero-order chi connectivity index (χ0) is 14.7. The second-order valence-corrected chi connectivity index (χ2v) is 5.74. The molecule has 1 aromatic carbocycles. The Morgan fingerprint density at radius 1 is 1.55 bits per heavy atom. The van der Waals surface area contributed by atoms with Crippen LogP contribution >= 0.6 is 23.2 Å². The van der Waals surface area contributed by atoms with Crippen molar-refractivity contribution in [3.05, 3.63) is 28.2 Å². The van der Waals surface area contributed by atoms with Crippen molar-refractivity contribution in [3.8, 4) is 5.75 Å². The molecule has 4 nitrogen and oxygen atoms in total. The number of hydrogen-bond acceptors (Lipinski definition) is 3. The van der Waals surface area contributed by atoms with Crippen LogP contribution in [-0.4, -0.2) is 36.0 Å². The number of amides is 1. The van der Waals surface area contributed by atoms with Gasteiger partial charge < -0.3 is 15.4 Å². The molecule has 0 radical (unpaired) electrons. The van der Waals surface area contributed by atoms with Crippen molar-refractivity contribution in [2.45, 2.75) is 31.9 Å². The molecule has 0 aliphatic carbocycles. The summed E-state index contributed by atoms with van der Waals surface area (Å²) in [5, 5.41) is 0.929. The lowest BCUT2D eigenvalue weighted by Crippen LogP contribution is -2.45. The fraction of sp³-hybridized carbons (Fsp3) is 0.500. The molecule has 2 unspecified atom stereocenters. The van der Waals surface area contributed by atoms with Gasteiger partial charge >= 0.3 is 0 Å². The Labute approximate surface area is 128 Å². The zero-order valence-electron chi connectivity index (χ0n) is 11.3. The molecule has 20 heavy (non-hydrogen) atoms. The van der Waals surface area contributed by atoms with Crippen molar-refractivity contribution in [1.29, 1.82) is 0 Å². The number of carbonyl (C=O) groups excluding carboxylic acids is 1. The van der Waals surface area contributed by atoms with E-state index in [1.807, 2.05) is 0 Å². The van der Waals surface area contributed by atoms with E-state index in [4.69, 9.17) is 33.7 Å². The number of hydrogen-bond donors (Lipinski definition) is 1. The monoisotopic (exact) mass is 316 g/mol. The van der Waals surface area contributed by atoms with Gasteiger partial charge in [0.15, 0.2) is 6.10 Å². The minimum Gasteiger partial charge on any atom is -0.479 e. The van der Waals surface area contributed by atoms with Gasteiger partial charge in [-0.3, -0.25) is 4.79 Å². The van der Waals surface area contributed by atoms with Gasteiger partial charge in [-0.1, -0.05) is 23.2 Å². The number of ether oxygens (including phenoxy) is 1. The van der Waals surface area contributed by atoms with Crippen LogP contribution in [0.25, 0.3) is 0 Å². The van der Waals surface area contributed by atoms with Gasteiger partial charge in [-0.25, -0.2) is 0 Å². The number of nitrogens with two attached hydrogens (primary N) is 1. The molecule has 1 heterocycles. The SMILES string of the molecule is CC(Oc1ccc(Cl)cc1Cl)C(=O)N1CCCC1CN. The van der Waals surface area contributed by atoms with Crippen LogP contribution in [-0.2, 0) is 4.79 Å². The predicted molar refractivity (Wildman–Crippen MR) is 80.3 cm³/mol. The molecule has 1 amide bonds. The van der Waals surface area contributed by atoms with Crippen molar-refractivity contribution in [2.75, 3.05) is 13.1 Å². The molecule has 0 saturated carbocycles. The van der Waals surface area contributed by atoms with Gasteiger partial charge in [-0.2, -0.15) is 0 Å². The van der Waals surface area contributed by atoms with E-state index in [2.05, 4.69) is 0 Å². The molecule has 1 fully saturated rings. The average molecular weight is 317 g/mol. The van der Waals surface area contributed by atoms with Gasteiger partial charge in [0.2, 0.25) is 0 Å². The molecule has 1 aliphatic rings. The van der Waals surface area contributed by atoms with E-state index in [9.17, 15) is 4.79 Å². The largest absolute Gasteiger partial charge is 0.479 e. The third kappa shape index (κ3) is 3.37. The summed E-state index contributed by atoms with van der Waals surface area (Å²) >= 11 is 11.9. The Morgan fingerprint density at radius 2 is 2.30 bits per heavy atom. The van der Waals surface area contributed by atoms with E-state index in [1.165, 1.54) is 0 Å². The van der Waals surface area contributed by atoms with E-state index >= 15 is 0 Å². The Morgan fingerprint density at radius 3 is 2.95 bits per heavy atom. The zero-order valence-corrected chi connectivity index (χ0v) is 12.8. The molecule has 0 bridgehead atoms. The molecule has 110 valence electrons. The topological polar surface area (TPSA) is 55.6 Å². The quantitative estimate of drug-likeness (QED) is 0.929. The van der Waals surface area contributed by atoms with E-state index in [0.717, 1.165) is 19.4 Å². The number of nitrogens with zero attached hydrogens (tertiary/aromatic N) is 1. The maximum absolute atomic E-state index is 12.4. The first-order valence-corrected chi connectivity index (χ1v) is 7.40. The highest BCUT2D eigenvalue weighted by Crippen LogP contribution is 2.29. The van der Waals surface area contributed by atoms with Gasteiger partial charge in [-0.05, 0) is 38.0 Å². The highest BCUT2D eigenvalue weighted by molar-refractivity contribution is 6.35. The second kappa shape index (κ2) is 6.66. The molecule has 1 saturated heterocycles. The first-order chi connectivity index (χ1) is 9.52.